The van der Waals surface area contributed by atoms with E-state index in [1.807, 2.05) is 54.6 Å². The van der Waals surface area contributed by atoms with Crippen LogP contribution in [0.5, 0.6) is 11.5 Å². The minimum atomic E-state index is 0.173. The fourth-order valence-corrected chi connectivity index (χ4v) is 4.07. The maximum Gasteiger partial charge on any atom is 0.172 e. The molecule has 0 aromatic heterocycles. The average molecular weight is 376 g/mol. The molecule has 4 rings (SSSR count). The topological polar surface area (TPSA) is 34.1 Å². The fraction of sp³-hybridized carbons (Fsp3) is 0.136. The van der Waals surface area contributed by atoms with Crippen molar-refractivity contribution < 1.29 is 9.47 Å². The first-order valence-electron chi connectivity index (χ1n) is 8.66. The van der Waals surface area contributed by atoms with Crippen LogP contribution in [-0.4, -0.2) is 19.4 Å². The van der Waals surface area contributed by atoms with Crippen molar-refractivity contribution in [2.75, 3.05) is 19.1 Å². The molecule has 4 nitrogen and oxygen atoms in total. The van der Waals surface area contributed by atoms with Gasteiger partial charge in [0, 0.05) is 5.69 Å². The number of aliphatic imine (C=N–C) groups is 1. The highest BCUT2D eigenvalue weighted by molar-refractivity contribution is 8.16. The van der Waals surface area contributed by atoms with Gasteiger partial charge in [-0.05, 0) is 54.1 Å². The van der Waals surface area contributed by atoms with Crippen LogP contribution in [0.25, 0.3) is 0 Å². The number of para-hydroxylation sites is 1. The second-order valence-corrected chi connectivity index (χ2v) is 7.09. The Balaban J connectivity index is 1.67. The zero-order valence-corrected chi connectivity index (χ0v) is 16.0. The van der Waals surface area contributed by atoms with E-state index in [1.54, 1.807) is 26.0 Å². The van der Waals surface area contributed by atoms with Crippen LogP contribution >= 0.6 is 11.8 Å². The van der Waals surface area contributed by atoms with E-state index in [-0.39, 0.29) is 5.37 Å². The van der Waals surface area contributed by atoms with E-state index in [2.05, 4.69) is 29.2 Å². The molecule has 3 aromatic rings. The third-order valence-corrected chi connectivity index (χ3v) is 5.60. The van der Waals surface area contributed by atoms with Gasteiger partial charge in [-0.1, -0.05) is 42.1 Å². The summed E-state index contributed by atoms with van der Waals surface area (Å²) >= 11 is 1.75. The smallest absolute Gasteiger partial charge is 0.172 e. The zero-order valence-electron chi connectivity index (χ0n) is 15.2. The molecule has 27 heavy (non-hydrogen) atoms. The number of benzene rings is 3. The van der Waals surface area contributed by atoms with Crippen LogP contribution in [0.3, 0.4) is 0 Å². The Morgan fingerprint density at radius 3 is 1.96 bits per heavy atom. The Labute approximate surface area is 163 Å². The van der Waals surface area contributed by atoms with Gasteiger partial charge >= 0.3 is 0 Å². The van der Waals surface area contributed by atoms with Gasteiger partial charge in [-0.25, -0.2) is 4.99 Å². The summed E-state index contributed by atoms with van der Waals surface area (Å²) in [7, 11) is 3.36. The van der Waals surface area contributed by atoms with Gasteiger partial charge in [-0.3, -0.25) is 0 Å². The number of thioether (sulfide) groups is 1. The van der Waals surface area contributed by atoms with Gasteiger partial charge in [-0.15, -0.1) is 0 Å². The molecular weight excluding hydrogens is 356 g/mol. The van der Waals surface area contributed by atoms with Crippen molar-refractivity contribution in [3.63, 3.8) is 0 Å². The third kappa shape index (κ3) is 3.64. The van der Waals surface area contributed by atoms with E-state index < -0.39 is 0 Å². The van der Waals surface area contributed by atoms with Crippen molar-refractivity contribution in [2.24, 2.45) is 4.99 Å². The second kappa shape index (κ2) is 7.76. The summed E-state index contributed by atoms with van der Waals surface area (Å²) in [6.45, 7) is 0. The highest BCUT2D eigenvalue weighted by Gasteiger charge is 2.37. The van der Waals surface area contributed by atoms with Crippen molar-refractivity contribution in [3.05, 3.63) is 84.4 Å². The summed E-state index contributed by atoms with van der Waals surface area (Å²) in [5, 5.41) is 1.15. The Morgan fingerprint density at radius 2 is 1.37 bits per heavy atom. The molecule has 1 aliphatic heterocycles. The monoisotopic (exact) mass is 376 g/mol. The SMILES string of the molecule is COc1ccc(C2SC(=Nc3ccccc3)N2c2ccc(OC)cc2)cc1. The van der Waals surface area contributed by atoms with Crippen molar-refractivity contribution in [3.8, 4) is 11.5 Å². The number of nitrogens with zero attached hydrogens (tertiary/aromatic N) is 2. The number of rotatable bonds is 5. The van der Waals surface area contributed by atoms with Crippen molar-refractivity contribution in [1.82, 2.24) is 0 Å². The van der Waals surface area contributed by atoms with E-state index in [0.29, 0.717) is 0 Å². The van der Waals surface area contributed by atoms with Crippen LogP contribution in [0.15, 0.2) is 83.9 Å². The molecule has 0 N–H and O–H groups in total. The molecule has 1 atom stereocenters. The summed E-state index contributed by atoms with van der Waals surface area (Å²) in [6, 6.07) is 26.3. The molecule has 1 heterocycles. The molecule has 1 saturated heterocycles. The molecule has 0 spiro atoms. The molecule has 0 bridgehead atoms. The Bertz CT molecular complexity index is 925. The molecule has 0 saturated carbocycles. The standard InChI is InChI=1S/C22H20N2O2S/c1-25-19-12-8-16(9-13-19)21-24(18-10-14-20(26-2)15-11-18)22(27-21)23-17-6-4-3-5-7-17/h3-15,21H,1-2H3. The normalized spacial score (nSPS) is 17.5. The lowest BCUT2D eigenvalue weighted by molar-refractivity contribution is 0.414. The summed E-state index contributed by atoms with van der Waals surface area (Å²) < 4.78 is 10.6. The molecule has 3 aromatic carbocycles. The molecular formula is C22H20N2O2S. The lowest BCUT2D eigenvalue weighted by Gasteiger charge is -2.43. The lowest BCUT2D eigenvalue weighted by Crippen LogP contribution is -2.41. The molecule has 0 radical (unpaired) electrons. The van der Waals surface area contributed by atoms with Crippen LogP contribution in [0.4, 0.5) is 11.4 Å². The Kier molecular flexibility index (Phi) is 5.03. The molecule has 1 fully saturated rings. The summed E-state index contributed by atoms with van der Waals surface area (Å²) in [5.41, 5.74) is 3.25. The van der Waals surface area contributed by atoms with Crippen LogP contribution in [0, 0.1) is 0 Å². The van der Waals surface area contributed by atoms with Gasteiger partial charge < -0.3 is 14.4 Å². The number of amidine groups is 1. The largest absolute Gasteiger partial charge is 0.497 e. The molecule has 0 aliphatic carbocycles. The van der Waals surface area contributed by atoms with Crippen LogP contribution in [0.1, 0.15) is 10.9 Å². The predicted molar refractivity (Wildman–Crippen MR) is 112 cm³/mol. The van der Waals surface area contributed by atoms with Crippen LogP contribution in [0.2, 0.25) is 0 Å². The van der Waals surface area contributed by atoms with Gasteiger partial charge in [0.15, 0.2) is 5.17 Å². The quantitative estimate of drug-likeness (QED) is 0.577. The first kappa shape index (κ1) is 17.5. The van der Waals surface area contributed by atoms with Gasteiger partial charge in [-0.2, -0.15) is 0 Å². The van der Waals surface area contributed by atoms with Crippen LogP contribution < -0.4 is 14.4 Å². The van der Waals surface area contributed by atoms with Crippen molar-refractivity contribution in [2.45, 2.75) is 5.37 Å². The highest BCUT2D eigenvalue weighted by Crippen LogP contribution is 2.49. The van der Waals surface area contributed by atoms with Gasteiger partial charge in [0.25, 0.3) is 0 Å². The predicted octanol–water partition coefficient (Wildman–Crippen LogP) is 5.64. The number of anilines is 1. The minimum Gasteiger partial charge on any atom is -0.497 e. The summed E-state index contributed by atoms with van der Waals surface area (Å²) in [6.07, 6.45) is 0. The van der Waals surface area contributed by atoms with Gasteiger partial charge in [0.1, 0.15) is 16.9 Å². The second-order valence-electron chi connectivity index (χ2n) is 6.04. The lowest BCUT2D eigenvalue weighted by atomic mass is 10.2. The maximum atomic E-state index is 5.29. The molecule has 136 valence electrons. The molecule has 0 amide bonds. The van der Waals surface area contributed by atoms with Gasteiger partial charge in [0.2, 0.25) is 0 Å². The Hall–Kier alpha value is -2.92. The van der Waals surface area contributed by atoms with E-state index in [4.69, 9.17) is 14.5 Å². The molecule has 1 unspecified atom stereocenters. The molecule has 5 heteroatoms. The van der Waals surface area contributed by atoms with E-state index in [1.165, 1.54) is 5.56 Å². The van der Waals surface area contributed by atoms with E-state index in [9.17, 15) is 0 Å². The minimum absolute atomic E-state index is 0.173. The van der Waals surface area contributed by atoms with Crippen molar-refractivity contribution in [1.29, 1.82) is 0 Å². The summed E-state index contributed by atoms with van der Waals surface area (Å²) in [5.74, 6) is 1.70. The van der Waals surface area contributed by atoms with E-state index >= 15 is 0 Å². The maximum absolute atomic E-state index is 5.29. The average Bonchev–Trinajstić information content (AvgIpc) is 2.72. The third-order valence-electron chi connectivity index (χ3n) is 4.39. The fourth-order valence-electron chi connectivity index (χ4n) is 2.93. The summed E-state index contributed by atoms with van der Waals surface area (Å²) in [4.78, 5) is 7.07. The first-order valence-corrected chi connectivity index (χ1v) is 9.54. The number of ether oxygens (including phenoxy) is 2. The number of hydrogen-bond donors (Lipinski definition) is 0. The van der Waals surface area contributed by atoms with Crippen LogP contribution in [-0.2, 0) is 0 Å². The number of hydrogen-bond acceptors (Lipinski definition) is 4. The zero-order chi connectivity index (χ0) is 18.6. The first-order chi connectivity index (χ1) is 13.3. The highest BCUT2D eigenvalue weighted by atomic mass is 32.2. The van der Waals surface area contributed by atoms with E-state index in [0.717, 1.165) is 28.0 Å². The van der Waals surface area contributed by atoms with Crippen molar-refractivity contribution >= 4 is 28.3 Å². The number of methoxy groups -OCH3 is 2. The van der Waals surface area contributed by atoms with Gasteiger partial charge in [0.05, 0.1) is 19.9 Å². The Morgan fingerprint density at radius 1 is 0.778 bits per heavy atom. The molecule has 1 aliphatic rings.